The van der Waals surface area contributed by atoms with Crippen LogP contribution in [0.2, 0.25) is 0 Å². The zero-order valence-electron chi connectivity index (χ0n) is 7.48. The van der Waals surface area contributed by atoms with Gasteiger partial charge in [-0.15, -0.1) is 0 Å². The predicted octanol–water partition coefficient (Wildman–Crippen LogP) is 3.43. The van der Waals surface area contributed by atoms with E-state index in [1.165, 1.54) is 6.20 Å². The largest absolute Gasteiger partial charge is 0.416 e. The summed E-state index contributed by atoms with van der Waals surface area (Å²) >= 11 is 3.26. The molecule has 1 nitrogen and oxygen atoms in total. The lowest BCUT2D eigenvalue weighted by molar-refractivity contribution is -0.137. The van der Waals surface area contributed by atoms with Gasteiger partial charge < -0.3 is 0 Å². The van der Waals surface area contributed by atoms with E-state index in [1.807, 2.05) is 6.92 Å². The van der Waals surface area contributed by atoms with E-state index in [1.54, 1.807) is 0 Å². The van der Waals surface area contributed by atoms with Gasteiger partial charge in [-0.3, -0.25) is 4.98 Å². The van der Waals surface area contributed by atoms with Crippen LogP contribution in [0, 0.1) is 0 Å². The molecular formula is C9H9BrF3N. The fourth-order valence-electron chi connectivity index (χ4n) is 1.05. The van der Waals surface area contributed by atoms with Gasteiger partial charge in [-0.05, 0) is 12.1 Å². The molecule has 0 aliphatic heterocycles. The normalized spacial score (nSPS) is 14.1. The number of halogens is 4. The first-order chi connectivity index (χ1) is 6.39. The molecule has 0 spiro atoms. The summed E-state index contributed by atoms with van der Waals surface area (Å²) in [6, 6.07) is 2.06. The zero-order chi connectivity index (χ0) is 10.8. The Morgan fingerprint density at radius 2 is 2.14 bits per heavy atom. The molecule has 0 amide bonds. The van der Waals surface area contributed by atoms with Crippen LogP contribution in [0.4, 0.5) is 13.2 Å². The van der Waals surface area contributed by atoms with Crippen molar-refractivity contribution in [2.24, 2.45) is 0 Å². The van der Waals surface area contributed by atoms with E-state index in [9.17, 15) is 13.2 Å². The third kappa shape index (κ3) is 3.29. The Morgan fingerprint density at radius 1 is 1.50 bits per heavy atom. The van der Waals surface area contributed by atoms with Crippen molar-refractivity contribution in [1.82, 2.24) is 4.98 Å². The van der Waals surface area contributed by atoms with E-state index in [2.05, 4.69) is 20.9 Å². The second kappa shape index (κ2) is 4.29. The minimum Gasteiger partial charge on any atom is -0.261 e. The van der Waals surface area contributed by atoms with Crippen molar-refractivity contribution in [2.45, 2.75) is 24.3 Å². The molecule has 0 bridgehead atoms. The predicted molar refractivity (Wildman–Crippen MR) is 51.3 cm³/mol. The van der Waals surface area contributed by atoms with Crippen LogP contribution in [0.5, 0.6) is 0 Å². The van der Waals surface area contributed by atoms with Gasteiger partial charge in [0.2, 0.25) is 0 Å². The molecule has 1 rings (SSSR count). The highest BCUT2D eigenvalue weighted by Gasteiger charge is 2.30. The fourth-order valence-corrected chi connectivity index (χ4v) is 1.39. The van der Waals surface area contributed by atoms with Crippen LogP contribution >= 0.6 is 15.9 Å². The van der Waals surface area contributed by atoms with Gasteiger partial charge in [0.15, 0.2) is 0 Å². The average Bonchev–Trinajstić information content (AvgIpc) is 2.01. The summed E-state index contributed by atoms with van der Waals surface area (Å²) in [7, 11) is 0. The lowest BCUT2D eigenvalue weighted by atomic mass is 10.1. The first-order valence-corrected chi connectivity index (χ1v) is 4.97. The molecule has 0 aliphatic rings. The van der Waals surface area contributed by atoms with E-state index in [4.69, 9.17) is 0 Å². The maximum atomic E-state index is 12.3. The van der Waals surface area contributed by atoms with E-state index < -0.39 is 11.7 Å². The Hall–Kier alpha value is -0.580. The number of nitrogens with zero attached hydrogens (tertiary/aromatic N) is 1. The van der Waals surface area contributed by atoms with Crippen molar-refractivity contribution in [3.63, 3.8) is 0 Å². The van der Waals surface area contributed by atoms with Gasteiger partial charge in [0, 0.05) is 23.1 Å². The van der Waals surface area contributed by atoms with Crippen molar-refractivity contribution in [1.29, 1.82) is 0 Å². The van der Waals surface area contributed by atoms with Crippen molar-refractivity contribution in [3.8, 4) is 0 Å². The number of pyridine rings is 1. The number of rotatable bonds is 2. The molecule has 0 saturated carbocycles. The van der Waals surface area contributed by atoms with E-state index >= 15 is 0 Å². The van der Waals surface area contributed by atoms with Gasteiger partial charge in [-0.25, -0.2) is 0 Å². The van der Waals surface area contributed by atoms with Gasteiger partial charge in [-0.1, -0.05) is 22.9 Å². The third-order valence-electron chi connectivity index (χ3n) is 1.63. The lowest BCUT2D eigenvalue weighted by Crippen LogP contribution is -2.07. The first kappa shape index (κ1) is 11.5. The Balaban J connectivity index is 2.90. The molecule has 0 N–H and O–H groups in total. The Kier molecular flexibility index (Phi) is 3.53. The van der Waals surface area contributed by atoms with Gasteiger partial charge in [-0.2, -0.15) is 13.2 Å². The number of hydrogen-bond acceptors (Lipinski definition) is 1. The van der Waals surface area contributed by atoms with Gasteiger partial charge in [0.1, 0.15) is 0 Å². The molecule has 78 valence electrons. The molecule has 1 aromatic heterocycles. The molecule has 0 fully saturated rings. The molecule has 1 heterocycles. The Bertz CT molecular complexity index is 309. The van der Waals surface area contributed by atoms with Crippen molar-refractivity contribution in [2.75, 3.05) is 0 Å². The van der Waals surface area contributed by atoms with Crippen molar-refractivity contribution in [3.05, 3.63) is 29.6 Å². The van der Waals surface area contributed by atoms with Crippen LogP contribution in [0.1, 0.15) is 18.2 Å². The summed E-state index contributed by atoms with van der Waals surface area (Å²) < 4.78 is 36.8. The standard InChI is InChI=1S/C9H9BrF3N/c1-6(10)4-8-5-7(2-3-14-8)9(11,12)13/h2-3,5-6H,4H2,1H3. The second-order valence-electron chi connectivity index (χ2n) is 3.02. The molecule has 0 saturated heterocycles. The fraction of sp³-hybridized carbons (Fsp3) is 0.444. The highest BCUT2D eigenvalue weighted by molar-refractivity contribution is 9.09. The minimum absolute atomic E-state index is 0.124. The van der Waals surface area contributed by atoms with Crippen LogP contribution in [0.3, 0.4) is 0 Å². The van der Waals surface area contributed by atoms with E-state index in [0.29, 0.717) is 12.1 Å². The summed E-state index contributed by atoms with van der Waals surface area (Å²) in [6.07, 6.45) is -2.61. The Morgan fingerprint density at radius 3 is 2.64 bits per heavy atom. The number of hydrogen-bond donors (Lipinski definition) is 0. The van der Waals surface area contributed by atoms with Gasteiger partial charge in [0.05, 0.1) is 5.56 Å². The van der Waals surface area contributed by atoms with Crippen LogP contribution < -0.4 is 0 Å². The molecule has 0 aromatic carbocycles. The molecule has 1 aromatic rings. The molecule has 5 heteroatoms. The van der Waals surface area contributed by atoms with Crippen molar-refractivity contribution < 1.29 is 13.2 Å². The summed E-state index contributed by atoms with van der Waals surface area (Å²) in [5.74, 6) is 0. The maximum Gasteiger partial charge on any atom is 0.416 e. The monoisotopic (exact) mass is 267 g/mol. The summed E-state index contributed by atoms with van der Waals surface area (Å²) in [5.41, 5.74) is -0.195. The highest BCUT2D eigenvalue weighted by atomic mass is 79.9. The summed E-state index contributed by atoms with van der Waals surface area (Å²) in [5, 5.41) is 0. The third-order valence-corrected chi connectivity index (χ3v) is 1.96. The molecule has 0 radical (unpaired) electrons. The molecule has 1 atom stereocenters. The lowest BCUT2D eigenvalue weighted by Gasteiger charge is -2.08. The Labute approximate surface area is 88.5 Å². The average molecular weight is 268 g/mol. The summed E-state index contributed by atoms with van der Waals surface area (Å²) in [6.45, 7) is 1.86. The van der Waals surface area contributed by atoms with E-state index in [-0.39, 0.29) is 4.83 Å². The smallest absolute Gasteiger partial charge is 0.261 e. The minimum atomic E-state index is -4.28. The van der Waals surface area contributed by atoms with Gasteiger partial charge >= 0.3 is 6.18 Å². The SMILES string of the molecule is CC(Br)Cc1cc(C(F)(F)F)ccn1. The first-order valence-electron chi connectivity index (χ1n) is 4.06. The van der Waals surface area contributed by atoms with Crippen LogP contribution in [-0.2, 0) is 12.6 Å². The topological polar surface area (TPSA) is 12.9 Å². The molecule has 1 unspecified atom stereocenters. The number of alkyl halides is 4. The van der Waals surface area contributed by atoms with Crippen LogP contribution in [0.25, 0.3) is 0 Å². The second-order valence-corrected chi connectivity index (χ2v) is 4.58. The van der Waals surface area contributed by atoms with E-state index in [0.717, 1.165) is 12.1 Å². The molecule has 0 aliphatic carbocycles. The van der Waals surface area contributed by atoms with Crippen LogP contribution in [-0.4, -0.2) is 9.81 Å². The summed E-state index contributed by atoms with van der Waals surface area (Å²) in [4.78, 5) is 3.99. The number of aromatic nitrogens is 1. The van der Waals surface area contributed by atoms with Crippen molar-refractivity contribution >= 4 is 15.9 Å². The highest BCUT2D eigenvalue weighted by Crippen LogP contribution is 2.29. The molecular weight excluding hydrogens is 259 g/mol. The molecule has 14 heavy (non-hydrogen) atoms. The van der Waals surface area contributed by atoms with Gasteiger partial charge in [0.25, 0.3) is 0 Å². The van der Waals surface area contributed by atoms with Crippen LogP contribution in [0.15, 0.2) is 18.3 Å². The zero-order valence-corrected chi connectivity index (χ0v) is 9.06. The quantitative estimate of drug-likeness (QED) is 0.749. The maximum absolute atomic E-state index is 12.3.